The highest BCUT2D eigenvalue weighted by molar-refractivity contribution is 5.88. The average Bonchev–Trinajstić information content (AvgIpc) is 2.78. The van der Waals surface area contributed by atoms with Crippen LogP contribution >= 0.6 is 0 Å². The van der Waals surface area contributed by atoms with Crippen molar-refractivity contribution >= 4 is 11.6 Å². The lowest BCUT2D eigenvalue weighted by Crippen LogP contribution is -2.36. The summed E-state index contributed by atoms with van der Waals surface area (Å²) >= 11 is 0. The van der Waals surface area contributed by atoms with Gasteiger partial charge >= 0.3 is 0 Å². The van der Waals surface area contributed by atoms with Gasteiger partial charge in [-0.1, -0.05) is 18.2 Å². The Labute approximate surface area is 102 Å². The molecule has 1 unspecified atom stereocenters. The fourth-order valence-electron chi connectivity index (χ4n) is 2.16. The second-order valence-electron chi connectivity index (χ2n) is 4.38. The van der Waals surface area contributed by atoms with E-state index in [1.807, 2.05) is 38.4 Å². The van der Waals surface area contributed by atoms with Gasteiger partial charge in [0.25, 0.3) is 0 Å². The molecular formula is C13H19N3O. The molecule has 92 valence electrons. The van der Waals surface area contributed by atoms with Gasteiger partial charge in [-0.25, -0.2) is 0 Å². The minimum absolute atomic E-state index is 0.0342. The molecule has 17 heavy (non-hydrogen) atoms. The van der Waals surface area contributed by atoms with Crippen molar-refractivity contribution in [3.63, 3.8) is 0 Å². The monoisotopic (exact) mass is 233 g/mol. The summed E-state index contributed by atoms with van der Waals surface area (Å²) < 4.78 is 0. The van der Waals surface area contributed by atoms with Crippen molar-refractivity contribution < 1.29 is 4.79 Å². The number of nitrogens with zero attached hydrogens (tertiary/aromatic N) is 1. The van der Waals surface area contributed by atoms with Crippen molar-refractivity contribution in [2.45, 2.75) is 5.92 Å². The third-order valence-corrected chi connectivity index (χ3v) is 3.20. The molecule has 1 atom stereocenters. The summed E-state index contributed by atoms with van der Waals surface area (Å²) in [5.41, 5.74) is 2.21. The first-order valence-corrected chi connectivity index (χ1v) is 5.96. The summed E-state index contributed by atoms with van der Waals surface area (Å²) in [5, 5.41) is 6.33. The lowest BCUT2D eigenvalue weighted by atomic mass is 10.00. The molecule has 4 heteroatoms. The Kier molecular flexibility index (Phi) is 3.64. The number of hydrogen-bond acceptors (Lipinski definition) is 3. The van der Waals surface area contributed by atoms with E-state index in [4.69, 9.17) is 0 Å². The topological polar surface area (TPSA) is 44.4 Å². The standard InChI is InChI=1S/C13H19N3O/c1-14-7-8-16(2)13(17)11-9-15-12-6-4-3-5-10(11)12/h3-6,11,14-15H,7-9H2,1-2H3. The number of amides is 1. The normalized spacial score (nSPS) is 17.4. The Morgan fingerprint density at radius 3 is 3.06 bits per heavy atom. The molecule has 1 amide bonds. The molecule has 0 saturated carbocycles. The van der Waals surface area contributed by atoms with Gasteiger partial charge in [-0.15, -0.1) is 0 Å². The number of anilines is 1. The van der Waals surface area contributed by atoms with Crippen molar-refractivity contribution in [1.29, 1.82) is 0 Å². The summed E-state index contributed by atoms with van der Waals surface area (Å²) in [6.07, 6.45) is 0. The number of carbonyl (C=O) groups is 1. The number of hydrogen-bond donors (Lipinski definition) is 2. The number of rotatable bonds is 4. The van der Waals surface area contributed by atoms with Crippen LogP contribution in [0.5, 0.6) is 0 Å². The van der Waals surface area contributed by atoms with E-state index in [1.54, 1.807) is 4.90 Å². The van der Waals surface area contributed by atoms with Gasteiger partial charge in [0.05, 0.1) is 5.92 Å². The zero-order valence-corrected chi connectivity index (χ0v) is 10.4. The molecule has 0 saturated heterocycles. The number of likely N-dealkylation sites (N-methyl/N-ethyl adjacent to an activating group) is 2. The molecule has 0 fully saturated rings. The molecule has 1 heterocycles. The quantitative estimate of drug-likeness (QED) is 0.811. The van der Waals surface area contributed by atoms with Gasteiger partial charge in [-0.3, -0.25) is 4.79 Å². The maximum Gasteiger partial charge on any atom is 0.231 e. The van der Waals surface area contributed by atoms with E-state index in [-0.39, 0.29) is 11.8 Å². The zero-order chi connectivity index (χ0) is 12.3. The molecule has 2 rings (SSSR count). The predicted molar refractivity (Wildman–Crippen MR) is 69.2 cm³/mol. The van der Waals surface area contributed by atoms with E-state index in [9.17, 15) is 4.79 Å². The van der Waals surface area contributed by atoms with Gasteiger partial charge in [0, 0.05) is 32.4 Å². The molecule has 0 bridgehead atoms. The maximum atomic E-state index is 12.3. The molecule has 4 nitrogen and oxygen atoms in total. The molecule has 0 radical (unpaired) electrons. The SMILES string of the molecule is CNCCN(C)C(=O)C1CNc2ccccc21. The van der Waals surface area contributed by atoms with Crippen LogP contribution in [0.15, 0.2) is 24.3 Å². The van der Waals surface area contributed by atoms with Gasteiger partial charge in [0.2, 0.25) is 5.91 Å². The first-order chi connectivity index (χ1) is 8.24. The summed E-state index contributed by atoms with van der Waals surface area (Å²) in [5.74, 6) is 0.158. The van der Waals surface area contributed by atoms with Crippen LogP contribution in [0.4, 0.5) is 5.69 Å². The largest absolute Gasteiger partial charge is 0.384 e. The van der Waals surface area contributed by atoms with Crippen molar-refractivity contribution in [2.75, 3.05) is 39.0 Å². The summed E-state index contributed by atoms with van der Waals surface area (Å²) in [6, 6.07) is 8.03. The molecule has 0 aliphatic carbocycles. The Hall–Kier alpha value is -1.55. The Morgan fingerprint density at radius 2 is 2.29 bits per heavy atom. The van der Waals surface area contributed by atoms with Crippen molar-refractivity contribution in [3.8, 4) is 0 Å². The molecule has 1 aromatic carbocycles. The van der Waals surface area contributed by atoms with Gasteiger partial charge in [0.15, 0.2) is 0 Å². The lowest BCUT2D eigenvalue weighted by molar-refractivity contribution is -0.131. The van der Waals surface area contributed by atoms with Crippen LogP contribution < -0.4 is 10.6 Å². The summed E-state index contributed by atoms with van der Waals surface area (Å²) in [4.78, 5) is 14.1. The van der Waals surface area contributed by atoms with Crippen LogP contribution in [0.25, 0.3) is 0 Å². The second kappa shape index (κ2) is 5.19. The number of carbonyl (C=O) groups excluding carboxylic acids is 1. The minimum Gasteiger partial charge on any atom is -0.384 e. The average molecular weight is 233 g/mol. The maximum absolute atomic E-state index is 12.3. The van der Waals surface area contributed by atoms with E-state index >= 15 is 0 Å². The predicted octanol–water partition coefficient (Wildman–Crippen LogP) is 0.873. The highest BCUT2D eigenvalue weighted by atomic mass is 16.2. The molecule has 0 aromatic heterocycles. The van der Waals surface area contributed by atoms with E-state index < -0.39 is 0 Å². The van der Waals surface area contributed by atoms with Crippen LogP contribution in [0.2, 0.25) is 0 Å². The molecule has 1 aliphatic rings. The molecule has 0 spiro atoms. The fourth-order valence-corrected chi connectivity index (χ4v) is 2.16. The van der Waals surface area contributed by atoms with Crippen LogP contribution in [0.3, 0.4) is 0 Å². The number of nitrogens with one attached hydrogen (secondary N) is 2. The van der Waals surface area contributed by atoms with E-state index in [2.05, 4.69) is 10.6 Å². The van der Waals surface area contributed by atoms with Crippen LogP contribution in [-0.2, 0) is 4.79 Å². The zero-order valence-electron chi connectivity index (χ0n) is 10.4. The van der Waals surface area contributed by atoms with E-state index in [0.717, 1.165) is 24.3 Å². The highest BCUT2D eigenvalue weighted by Crippen LogP contribution is 2.31. The molecule has 1 aliphatic heterocycles. The Bertz CT molecular complexity index is 405. The highest BCUT2D eigenvalue weighted by Gasteiger charge is 2.29. The summed E-state index contributed by atoms with van der Waals surface area (Å²) in [7, 11) is 3.76. The number of benzene rings is 1. The van der Waals surface area contributed by atoms with Crippen LogP contribution in [-0.4, -0.2) is 44.5 Å². The van der Waals surface area contributed by atoms with E-state index in [1.165, 1.54) is 0 Å². The smallest absolute Gasteiger partial charge is 0.231 e. The minimum atomic E-state index is -0.0342. The van der Waals surface area contributed by atoms with Gasteiger partial charge in [0.1, 0.15) is 0 Å². The molecular weight excluding hydrogens is 214 g/mol. The number of fused-ring (bicyclic) bond motifs is 1. The van der Waals surface area contributed by atoms with Gasteiger partial charge in [-0.05, 0) is 18.7 Å². The fraction of sp³-hybridized carbons (Fsp3) is 0.462. The number of para-hydroxylation sites is 1. The van der Waals surface area contributed by atoms with Gasteiger partial charge < -0.3 is 15.5 Å². The first kappa shape index (κ1) is 11.9. The van der Waals surface area contributed by atoms with E-state index in [0.29, 0.717) is 6.54 Å². The molecule has 2 N–H and O–H groups in total. The Morgan fingerprint density at radius 1 is 1.53 bits per heavy atom. The van der Waals surface area contributed by atoms with Gasteiger partial charge in [-0.2, -0.15) is 0 Å². The van der Waals surface area contributed by atoms with Crippen molar-refractivity contribution in [3.05, 3.63) is 29.8 Å². The van der Waals surface area contributed by atoms with Crippen molar-refractivity contribution in [2.24, 2.45) is 0 Å². The first-order valence-electron chi connectivity index (χ1n) is 5.96. The van der Waals surface area contributed by atoms with Crippen LogP contribution in [0.1, 0.15) is 11.5 Å². The Balaban J connectivity index is 2.07. The third-order valence-electron chi connectivity index (χ3n) is 3.20. The third kappa shape index (κ3) is 2.42. The second-order valence-corrected chi connectivity index (χ2v) is 4.38. The summed E-state index contributed by atoms with van der Waals surface area (Å²) in [6.45, 7) is 2.28. The van der Waals surface area contributed by atoms with Crippen LogP contribution in [0, 0.1) is 0 Å². The molecule has 1 aromatic rings. The lowest BCUT2D eigenvalue weighted by Gasteiger charge is -2.20. The van der Waals surface area contributed by atoms with Crippen molar-refractivity contribution in [1.82, 2.24) is 10.2 Å².